The molecule has 2 heterocycles. The molecule has 0 unspecified atom stereocenters. The van der Waals surface area contributed by atoms with Crippen molar-refractivity contribution in [1.82, 2.24) is 15.1 Å². The van der Waals surface area contributed by atoms with Crippen LogP contribution in [0.2, 0.25) is 0 Å². The van der Waals surface area contributed by atoms with Crippen molar-refractivity contribution < 1.29 is 0 Å². The minimum atomic E-state index is 0.871. The summed E-state index contributed by atoms with van der Waals surface area (Å²) in [5.74, 6) is 1.18. The predicted octanol–water partition coefficient (Wildman–Crippen LogP) is 1.54. The molecular weight excluding hydrogens is 212 g/mol. The van der Waals surface area contributed by atoms with E-state index in [2.05, 4.69) is 36.4 Å². The Labute approximate surface area is 101 Å². The fourth-order valence-electron chi connectivity index (χ4n) is 2.32. The molecule has 1 aliphatic rings. The van der Waals surface area contributed by atoms with Gasteiger partial charge in [0.05, 0.1) is 11.4 Å². The number of benzene rings is 1. The zero-order valence-corrected chi connectivity index (χ0v) is 10.1. The number of aromatic nitrogens is 2. The molecule has 0 spiro atoms. The van der Waals surface area contributed by atoms with Crippen LogP contribution in [0.4, 0.5) is 5.82 Å². The van der Waals surface area contributed by atoms with Gasteiger partial charge in [-0.1, -0.05) is 18.2 Å². The molecule has 17 heavy (non-hydrogen) atoms. The van der Waals surface area contributed by atoms with Crippen molar-refractivity contribution in [2.75, 3.05) is 19.0 Å². The van der Waals surface area contributed by atoms with Crippen molar-refractivity contribution in [3.8, 4) is 5.69 Å². The molecule has 1 aromatic heterocycles. The van der Waals surface area contributed by atoms with Gasteiger partial charge in [-0.05, 0) is 12.1 Å². The number of hydrogen-bond donors (Lipinski definition) is 1. The molecule has 0 saturated heterocycles. The zero-order chi connectivity index (χ0) is 11.8. The summed E-state index contributed by atoms with van der Waals surface area (Å²) in [6.07, 6.45) is 0. The van der Waals surface area contributed by atoms with Crippen LogP contribution in [0, 0.1) is 0 Å². The highest BCUT2D eigenvalue weighted by molar-refractivity contribution is 5.55. The van der Waals surface area contributed by atoms with Crippen LogP contribution < -0.4 is 10.2 Å². The molecule has 0 amide bonds. The lowest BCUT2D eigenvalue weighted by Crippen LogP contribution is -2.17. The minimum Gasteiger partial charge on any atom is -0.362 e. The summed E-state index contributed by atoms with van der Waals surface area (Å²) in [5.41, 5.74) is 3.60. The van der Waals surface area contributed by atoms with Crippen LogP contribution in [0.15, 0.2) is 30.3 Å². The van der Waals surface area contributed by atoms with Crippen molar-refractivity contribution in [2.45, 2.75) is 13.1 Å². The second kappa shape index (κ2) is 3.89. The summed E-state index contributed by atoms with van der Waals surface area (Å²) in [5, 5.41) is 8.03. The van der Waals surface area contributed by atoms with E-state index >= 15 is 0 Å². The summed E-state index contributed by atoms with van der Waals surface area (Å²) in [6.45, 7) is 1.78. The van der Waals surface area contributed by atoms with Crippen molar-refractivity contribution in [3.05, 3.63) is 41.6 Å². The summed E-state index contributed by atoms with van der Waals surface area (Å²) in [6, 6.07) is 10.3. The highest BCUT2D eigenvalue weighted by atomic mass is 15.4. The number of rotatable bonds is 2. The lowest BCUT2D eigenvalue weighted by molar-refractivity contribution is 0.717. The first-order valence-electron chi connectivity index (χ1n) is 5.81. The number of fused-ring (bicyclic) bond motifs is 1. The Balaban J connectivity index is 2.18. The molecule has 1 aromatic carbocycles. The molecule has 3 rings (SSSR count). The molecule has 1 N–H and O–H groups in total. The Hall–Kier alpha value is -1.81. The van der Waals surface area contributed by atoms with Crippen LogP contribution in [0.25, 0.3) is 5.69 Å². The summed E-state index contributed by atoms with van der Waals surface area (Å²) < 4.78 is 2.03. The highest BCUT2D eigenvalue weighted by Gasteiger charge is 2.23. The second-order valence-corrected chi connectivity index (χ2v) is 4.49. The summed E-state index contributed by atoms with van der Waals surface area (Å²) in [7, 11) is 4.13. The van der Waals surface area contributed by atoms with Gasteiger partial charge in [-0.25, -0.2) is 4.68 Å². The van der Waals surface area contributed by atoms with E-state index in [-0.39, 0.29) is 0 Å². The molecule has 4 nitrogen and oxygen atoms in total. The maximum absolute atomic E-state index is 4.69. The van der Waals surface area contributed by atoms with Gasteiger partial charge in [-0.2, -0.15) is 5.10 Å². The number of para-hydroxylation sites is 1. The van der Waals surface area contributed by atoms with Gasteiger partial charge in [0.15, 0.2) is 0 Å². The third-order valence-electron chi connectivity index (χ3n) is 3.06. The largest absolute Gasteiger partial charge is 0.362 e. The second-order valence-electron chi connectivity index (χ2n) is 4.49. The van der Waals surface area contributed by atoms with Gasteiger partial charge in [-0.15, -0.1) is 0 Å². The topological polar surface area (TPSA) is 33.1 Å². The number of nitrogens with one attached hydrogen (secondary N) is 1. The Bertz CT molecular complexity index is 528. The van der Waals surface area contributed by atoms with Crippen LogP contribution in [0.3, 0.4) is 0 Å². The fraction of sp³-hybridized carbons (Fsp3) is 0.308. The molecule has 4 heteroatoms. The van der Waals surface area contributed by atoms with Crippen LogP contribution in [0.1, 0.15) is 11.3 Å². The maximum atomic E-state index is 4.69. The van der Waals surface area contributed by atoms with Gasteiger partial charge in [0, 0.05) is 32.7 Å². The third kappa shape index (κ3) is 1.61. The van der Waals surface area contributed by atoms with E-state index in [1.54, 1.807) is 0 Å². The van der Waals surface area contributed by atoms with E-state index in [9.17, 15) is 0 Å². The third-order valence-corrected chi connectivity index (χ3v) is 3.06. The number of hydrogen-bond acceptors (Lipinski definition) is 3. The molecule has 0 fully saturated rings. The Kier molecular flexibility index (Phi) is 2.37. The Morgan fingerprint density at radius 2 is 1.94 bits per heavy atom. The fourth-order valence-corrected chi connectivity index (χ4v) is 2.32. The summed E-state index contributed by atoms with van der Waals surface area (Å²) >= 11 is 0. The van der Waals surface area contributed by atoms with Gasteiger partial charge < -0.3 is 10.2 Å². The molecule has 88 valence electrons. The Morgan fingerprint density at radius 1 is 1.18 bits per heavy atom. The zero-order valence-electron chi connectivity index (χ0n) is 10.1. The van der Waals surface area contributed by atoms with Crippen molar-refractivity contribution >= 4 is 5.82 Å². The van der Waals surface area contributed by atoms with Gasteiger partial charge in [-0.3, -0.25) is 0 Å². The van der Waals surface area contributed by atoms with E-state index in [1.807, 2.05) is 22.9 Å². The number of anilines is 1. The van der Waals surface area contributed by atoms with Gasteiger partial charge >= 0.3 is 0 Å². The van der Waals surface area contributed by atoms with Gasteiger partial charge in [0.1, 0.15) is 5.82 Å². The van der Waals surface area contributed by atoms with Crippen molar-refractivity contribution in [2.24, 2.45) is 0 Å². The summed E-state index contributed by atoms with van der Waals surface area (Å²) in [4.78, 5) is 2.13. The lowest BCUT2D eigenvalue weighted by atomic mass is 10.2. The van der Waals surface area contributed by atoms with Crippen LogP contribution in [-0.4, -0.2) is 23.9 Å². The quantitative estimate of drug-likeness (QED) is 0.846. The standard InChI is InChI=1S/C13H16N4/c1-16(2)13-11-8-14-9-12(11)15-17(13)10-6-4-3-5-7-10/h3-7,14H,8-9H2,1-2H3. The van der Waals surface area contributed by atoms with E-state index in [1.165, 1.54) is 11.4 Å². The average Bonchev–Trinajstić information content (AvgIpc) is 2.88. The smallest absolute Gasteiger partial charge is 0.136 e. The number of nitrogens with zero attached hydrogens (tertiary/aromatic N) is 3. The first kappa shape index (κ1) is 10.4. The van der Waals surface area contributed by atoms with E-state index in [4.69, 9.17) is 5.10 Å². The van der Waals surface area contributed by atoms with Crippen molar-refractivity contribution in [1.29, 1.82) is 0 Å². The van der Waals surface area contributed by atoms with Crippen LogP contribution >= 0.6 is 0 Å². The monoisotopic (exact) mass is 228 g/mol. The van der Waals surface area contributed by atoms with Crippen LogP contribution in [0.5, 0.6) is 0 Å². The molecule has 1 aliphatic heterocycles. The van der Waals surface area contributed by atoms with Crippen molar-refractivity contribution in [3.63, 3.8) is 0 Å². The maximum Gasteiger partial charge on any atom is 0.136 e. The molecule has 2 aromatic rings. The average molecular weight is 228 g/mol. The SMILES string of the molecule is CN(C)c1c2c(nn1-c1ccccc1)CNC2. The van der Waals surface area contributed by atoms with E-state index in [0.717, 1.165) is 24.5 Å². The molecule has 0 radical (unpaired) electrons. The Morgan fingerprint density at radius 3 is 2.65 bits per heavy atom. The molecule has 0 bridgehead atoms. The molecule has 0 aliphatic carbocycles. The highest BCUT2D eigenvalue weighted by Crippen LogP contribution is 2.28. The molecule has 0 atom stereocenters. The molecule has 0 saturated carbocycles. The minimum absolute atomic E-state index is 0.871. The predicted molar refractivity (Wildman–Crippen MR) is 68.4 cm³/mol. The van der Waals surface area contributed by atoms with Gasteiger partial charge in [0.2, 0.25) is 0 Å². The lowest BCUT2D eigenvalue weighted by Gasteiger charge is -2.16. The van der Waals surface area contributed by atoms with E-state index < -0.39 is 0 Å². The first-order valence-corrected chi connectivity index (χ1v) is 5.81. The normalized spacial score (nSPS) is 13.8. The van der Waals surface area contributed by atoms with E-state index in [0.29, 0.717) is 0 Å². The molecular formula is C13H16N4. The first-order chi connectivity index (χ1) is 8.27. The van der Waals surface area contributed by atoms with Gasteiger partial charge in [0.25, 0.3) is 0 Å². The van der Waals surface area contributed by atoms with Crippen LogP contribution in [-0.2, 0) is 13.1 Å².